The van der Waals surface area contributed by atoms with Gasteiger partial charge in [0, 0.05) is 6.42 Å². The van der Waals surface area contributed by atoms with Crippen molar-refractivity contribution in [2.24, 2.45) is 0 Å². The van der Waals surface area contributed by atoms with Crippen LogP contribution in [0.5, 0.6) is 11.5 Å². The van der Waals surface area contributed by atoms with Gasteiger partial charge in [0.25, 0.3) is 0 Å². The molecule has 0 amide bonds. The Morgan fingerprint density at radius 3 is 2.43 bits per heavy atom. The molecule has 0 aromatic heterocycles. The molecule has 2 aromatic rings. The van der Waals surface area contributed by atoms with Gasteiger partial charge in [-0.3, -0.25) is 0 Å². The van der Waals surface area contributed by atoms with Crippen LogP contribution in [-0.4, -0.2) is 13.2 Å². The lowest BCUT2D eigenvalue weighted by Crippen LogP contribution is -2.06. The fourth-order valence-electron chi connectivity index (χ4n) is 1.72. The van der Waals surface area contributed by atoms with Crippen molar-refractivity contribution in [3.05, 3.63) is 53.8 Å². The Labute approximate surface area is 122 Å². The van der Waals surface area contributed by atoms with Crippen molar-refractivity contribution in [2.75, 3.05) is 18.9 Å². The molecule has 5 heteroatoms. The summed E-state index contributed by atoms with van der Waals surface area (Å²) in [7, 11) is 0. The third kappa shape index (κ3) is 4.11. The van der Waals surface area contributed by atoms with Gasteiger partial charge in [-0.05, 0) is 30.3 Å². The summed E-state index contributed by atoms with van der Waals surface area (Å²) in [6.45, 7) is 0.738. The highest BCUT2D eigenvalue weighted by molar-refractivity contribution is 5.51. The van der Waals surface area contributed by atoms with E-state index in [9.17, 15) is 4.39 Å². The third-order valence-corrected chi connectivity index (χ3v) is 2.78. The van der Waals surface area contributed by atoms with E-state index >= 15 is 0 Å². The van der Waals surface area contributed by atoms with E-state index in [1.54, 1.807) is 12.1 Å². The number of hydrogen-bond acceptors (Lipinski definition) is 4. The normalized spacial score (nSPS) is 9.90. The van der Waals surface area contributed by atoms with E-state index in [1.165, 1.54) is 12.1 Å². The summed E-state index contributed by atoms with van der Waals surface area (Å²) in [6, 6.07) is 13.2. The monoisotopic (exact) mass is 286 g/mol. The minimum absolute atomic E-state index is 0.133. The van der Waals surface area contributed by atoms with Gasteiger partial charge in [0.05, 0.1) is 30.5 Å². The van der Waals surface area contributed by atoms with Crippen molar-refractivity contribution in [2.45, 2.75) is 6.42 Å². The zero-order valence-corrected chi connectivity index (χ0v) is 11.4. The average molecular weight is 286 g/mol. The van der Waals surface area contributed by atoms with Gasteiger partial charge in [0.2, 0.25) is 0 Å². The summed E-state index contributed by atoms with van der Waals surface area (Å²) in [4.78, 5) is 0. The SMILES string of the molecule is N#Cc1ccc(OCCCOc2ccccc2N)c(F)c1. The van der Waals surface area contributed by atoms with Gasteiger partial charge >= 0.3 is 0 Å². The van der Waals surface area contributed by atoms with Gasteiger partial charge < -0.3 is 15.2 Å². The van der Waals surface area contributed by atoms with Crippen LogP contribution >= 0.6 is 0 Å². The quantitative estimate of drug-likeness (QED) is 0.654. The van der Waals surface area contributed by atoms with Crippen LogP contribution in [0.4, 0.5) is 10.1 Å². The number of halogens is 1. The van der Waals surface area contributed by atoms with Crippen LogP contribution in [0.3, 0.4) is 0 Å². The van der Waals surface area contributed by atoms with Crippen LogP contribution in [0.25, 0.3) is 0 Å². The van der Waals surface area contributed by atoms with Gasteiger partial charge in [0.1, 0.15) is 5.75 Å². The number of nitriles is 1. The minimum atomic E-state index is -0.540. The second kappa shape index (κ2) is 7.15. The lowest BCUT2D eigenvalue weighted by molar-refractivity contribution is 0.242. The Balaban J connectivity index is 1.75. The fourth-order valence-corrected chi connectivity index (χ4v) is 1.72. The third-order valence-electron chi connectivity index (χ3n) is 2.78. The lowest BCUT2D eigenvalue weighted by Gasteiger charge is -2.10. The Hall–Kier alpha value is -2.74. The van der Waals surface area contributed by atoms with Gasteiger partial charge in [-0.25, -0.2) is 4.39 Å². The Kier molecular flexibility index (Phi) is 4.99. The van der Waals surface area contributed by atoms with Crippen LogP contribution in [0.15, 0.2) is 42.5 Å². The predicted octanol–water partition coefficient (Wildman–Crippen LogP) is 3.13. The predicted molar refractivity (Wildman–Crippen MR) is 77.6 cm³/mol. The first-order chi connectivity index (χ1) is 10.2. The number of nitrogen functional groups attached to an aromatic ring is 1. The smallest absolute Gasteiger partial charge is 0.166 e. The number of benzene rings is 2. The number of ether oxygens (including phenoxy) is 2. The molecule has 0 aliphatic heterocycles. The molecule has 2 aromatic carbocycles. The second-order valence-corrected chi connectivity index (χ2v) is 4.35. The molecule has 0 radical (unpaired) electrons. The number of anilines is 1. The van der Waals surface area contributed by atoms with Crippen LogP contribution < -0.4 is 15.2 Å². The maximum atomic E-state index is 13.5. The zero-order valence-electron chi connectivity index (χ0n) is 11.4. The molecule has 2 N–H and O–H groups in total. The van der Waals surface area contributed by atoms with E-state index in [2.05, 4.69) is 0 Å². The first-order valence-corrected chi connectivity index (χ1v) is 6.50. The zero-order chi connectivity index (χ0) is 15.1. The molecule has 0 saturated heterocycles. The van der Waals surface area contributed by atoms with E-state index < -0.39 is 5.82 Å². The molecule has 0 aliphatic rings. The van der Waals surface area contributed by atoms with Crippen molar-refractivity contribution in [1.29, 1.82) is 5.26 Å². The van der Waals surface area contributed by atoms with Crippen LogP contribution in [0, 0.1) is 17.1 Å². The summed E-state index contributed by atoms with van der Waals surface area (Å²) >= 11 is 0. The standard InChI is InChI=1S/C16H15FN2O2/c17-13-10-12(11-18)6-7-15(13)20-8-3-9-21-16-5-2-1-4-14(16)19/h1-2,4-7,10H,3,8-9,19H2. The number of hydrogen-bond donors (Lipinski definition) is 1. The highest BCUT2D eigenvalue weighted by Crippen LogP contribution is 2.20. The molecule has 4 nitrogen and oxygen atoms in total. The molecule has 0 unspecified atom stereocenters. The molecule has 21 heavy (non-hydrogen) atoms. The molecule has 0 spiro atoms. The molecule has 0 heterocycles. The van der Waals surface area contributed by atoms with Crippen molar-refractivity contribution < 1.29 is 13.9 Å². The van der Waals surface area contributed by atoms with E-state index in [1.807, 2.05) is 18.2 Å². The summed E-state index contributed by atoms with van der Waals surface area (Å²) in [5.74, 6) is 0.220. The van der Waals surface area contributed by atoms with Gasteiger partial charge in [-0.2, -0.15) is 5.26 Å². The summed E-state index contributed by atoms with van der Waals surface area (Å²) in [5, 5.41) is 8.65. The van der Waals surface area contributed by atoms with Crippen LogP contribution in [0.2, 0.25) is 0 Å². The summed E-state index contributed by atoms with van der Waals surface area (Å²) in [5.41, 5.74) is 6.59. The van der Waals surface area contributed by atoms with Gasteiger partial charge in [-0.1, -0.05) is 12.1 Å². The number of nitrogens with zero attached hydrogens (tertiary/aromatic N) is 1. The Bertz CT molecular complexity index is 653. The lowest BCUT2D eigenvalue weighted by atomic mass is 10.2. The van der Waals surface area contributed by atoms with Gasteiger partial charge in [-0.15, -0.1) is 0 Å². The van der Waals surface area contributed by atoms with Crippen LogP contribution in [0.1, 0.15) is 12.0 Å². The second-order valence-electron chi connectivity index (χ2n) is 4.35. The highest BCUT2D eigenvalue weighted by atomic mass is 19.1. The molecule has 0 bridgehead atoms. The number of nitrogens with two attached hydrogens (primary N) is 1. The van der Waals surface area contributed by atoms with E-state index in [0.29, 0.717) is 31.1 Å². The van der Waals surface area contributed by atoms with Crippen molar-refractivity contribution >= 4 is 5.69 Å². The largest absolute Gasteiger partial charge is 0.491 e. The molecule has 108 valence electrons. The molecule has 0 fully saturated rings. The Morgan fingerprint density at radius 1 is 1.05 bits per heavy atom. The molecule has 2 rings (SSSR count). The van der Waals surface area contributed by atoms with E-state index in [0.717, 1.165) is 6.07 Å². The Morgan fingerprint density at radius 2 is 1.76 bits per heavy atom. The first kappa shape index (κ1) is 14.7. The molecular weight excluding hydrogens is 271 g/mol. The summed E-state index contributed by atoms with van der Waals surface area (Å²) in [6.07, 6.45) is 0.591. The van der Waals surface area contributed by atoms with Crippen LogP contribution in [-0.2, 0) is 0 Å². The molecular formula is C16H15FN2O2. The van der Waals surface area contributed by atoms with E-state index in [-0.39, 0.29) is 11.3 Å². The van der Waals surface area contributed by atoms with Crippen molar-refractivity contribution in [3.8, 4) is 17.6 Å². The molecule has 0 aliphatic carbocycles. The van der Waals surface area contributed by atoms with Gasteiger partial charge in [0.15, 0.2) is 11.6 Å². The number of para-hydroxylation sites is 2. The van der Waals surface area contributed by atoms with E-state index in [4.69, 9.17) is 20.5 Å². The topological polar surface area (TPSA) is 68.3 Å². The summed E-state index contributed by atoms with van der Waals surface area (Å²) < 4.78 is 24.3. The fraction of sp³-hybridized carbons (Fsp3) is 0.188. The van der Waals surface area contributed by atoms with Crippen molar-refractivity contribution in [1.82, 2.24) is 0 Å². The minimum Gasteiger partial charge on any atom is -0.491 e. The van der Waals surface area contributed by atoms with Crippen molar-refractivity contribution in [3.63, 3.8) is 0 Å². The molecule has 0 saturated carbocycles. The first-order valence-electron chi connectivity index (χ1n) is 6.50. The average Bonchev–Trinajstić information content (AvgIpc) is 2.50. The number of rotatable bonds is 6. The highest BCUT2D eigenvalue weighted by Gasteiger charge is 2.04. The molecule has 0 atom stereocenters. The maximum Gasteiger partial charge on any atom is 0.166 e. The maximum absolute atomic E-state index is 13.5.